The zero-order chi connectivity index (χ0) is 13.3. The van der Waals surface area contributed by atoms with Crippen molar-refractivity contribution in [2.45, 2.75) is 26.3 Å². The van der Waals surface area contributed by atoms with E-state index in [-0.39, 0.29) is 6.04 Å². The molecule has 4 nitrogen and oxygen atoms in total. The van der Waals surface area contributed by atoms with Crippen molar-refractivity contribution in [2.24, 2.45) is 5.10 Å². The van der Waals surface area contributed by atoms with Crippen molar-refractivity contribution in [2.75, 3.05) is 7.05 Å². The highest BCUT2D eigenvalue weighted by Crippen LogP contribution is 2.32. The second-order valence-electron chi connectivity index (χ2n) is 4.51. The molecule has 1 aromatic rings. The molecule has 1 unspecified atom stereocenters. The number of hydrogen-bond donors (Lipinski definition) is 0. The monoisotopic (exact) mass is 266 g/mol. The third-order valence-corrected chi connectivity index (χ3v) is 3.43. The van der Waals surface area contributed by atoms with Crippen LogP contribution in [0.2, 0.25) is 0 Å². The van der Waals surface area contributed by atoms with Gasteiger partial charge in [0.1, 0.15) is 11.9 Å². The molecule has 1 aliphatic rings. The van der Waals surface area contributed by atoms with Crippen LogP contribution in [0.4, 0.5) is 0 Å². The van der Waals surface area contributed by atoms with Gasteiger partial charge in [-0.05, 0) is 31.0 Å². The molecule has 0 amide bonds. The molecule has 2 rings (SSSR count). The summed E-state index contributed by atoms with van der Waals surface area (Å²) < 4.78 is 4.27. The molecular formula is C13H15ClN2O2. The van der Waals surface area contributed by atoms with E-state index in [1.807, 2.05) is 38.0 Å². The van der Waals surface area contributed by atoms with Crippen LogP contribution in [0, 0.1) is 6.92 Å². The number of rotatable bonds is 2. The van der Waals surface area contributed by atoms with Crippen LogP contribution >= 0.6 is 11.9 Å². The van der Waals surface area contributed by atoms with Crippen LogP contribution in [0.3, 0.4) is 0 Å². The van der Waals surface area contributed by atoms with Gasteiger partial charge >= 0.3 is 5.97 Å². The molecule has 1 aliphatic heterocycles. The molecular weight excluding hydrogens is 252 g/mol. The van der Waals surface area contributed by atoms with Gasteiger partial charge in [0.2, 0.25) is 0 Å². The Morgan fingerprint density at radius 1 is 1.50 bits per heavy atom. The van der Waals surface area contributed by atoms with E-state index >= 15 is 0 Å². The Hall–Kier alpha value is -1.55. The van der Waals surface area contributed by atoms with Gasteiger partial charge in [0.05, 0.1) is 11.6 Å². The standard InChI is InChI=1S/C13H15ClN2O2/c1-8-7-12(16(3)15-8)10-5-4-6-11(9(10)2)13(17)18-14/h4-6,12H,7H2,1-3H3. The Labute approximate surface area is 111 Å². The van der Waals surface area contributed by atoms with Crippen molar-refractivity contribution < 1.29 is 9.08 Å². The molecule has 0 fully saturated rings. The molecule has 0 N–H and O–H groups in total. The molecule has 0 saturated carbocycles. The quantitative estimate of drug-likeness (QED) is 0.826. The predicted molar refractivity (Wildman–Crippen MR) is 70.7 cm³/mol. The minimum atomic E-state index is -0.519. The van der Waals surface area contributed by atoms with Crippen LogP contribution in [0.1, 0.15) is 40.9 Å². The number of carbonyl (C=O) groups excluding carboxylic acids is 1. The van der Waals surface area contributed by atoms with Gasteiger partial charge in [-0.3, -0.25) is 5.01 Å². The van der Waals surface area contributed by atoms with Gasteiger partial charge in [0.15, 0.2) is 0 Å². The summed E-state index contributed by atoms with van der Waals surface area (Å²) in [4.78, 5) is 11.6. The molecule has 1 heterocycles. The van der Waals surface area contributed by atoms with Crippen molar-refractivity contribution >= 4 is 23.5 Å². The van der Waals surface area contributed by atoms with E-state index in [4.69, 9.17) is 11.9 Å². The summed E-state index contributed by atoms with van der Waals surface area (Å²) in [6.07, 6.45) is 0.872. The normalized spacial score (nSPS) is 18.8. The summed E-state index contributed by atoms with van der Waals surface area (Å²) in [5.41, 5.74) is 3.57. The summed E-state index contributed by atoms with van der Waals surface area (Å²) in [5, 5.41) is 6.31. The van der Waals surface area contributed by atoms with Gasteiger partial charge < -0.3 is 4.29 Å². The SMILES string of the molecule is CC1=NN(C)C(c2cccc(C(=O)OCl)c2C)C1. The number of halogens is 1. The molecule has 0 bridgehead atoms. The number of carbonyl (C=O) groups is 1. The highest BCUT2D eigenvalue weighted by atomic mass is 35.5. The Bertz CT molecular complexity index is 514. The van der Waals surface area contributed by atoms with Gasteiger partial charge in [-0.15, -0.1) is 0 Å². The molecule has 0 spiro atoms. The molecule has 1 aromatic carbocycles. The van der Waals surface area contributed by atoms with Gasteiger partial charge in [-0.2, -0.15) is 5.10 Å². The van der Waals surface area contributed by atoms with E-state index in [1.54, 1.807) is 6.07 Å². The first kappa shape index (κ1) is 12.9. The van der Waals surface area contributed by atoms with E-state index < -0.39 is 5.97 Å². The van der Waals surface area contributed by atoms with Gasteiger partial charge in [-0.25, -0.2) is 4.79 Å². The smallest absolute Gasteiger partial charge is 0.343 e. The fourth-order valence-corrected chi connectivity index (χ4v) is 2.46. The van der Waals surface area contributed by atoms with Crippen LogP contribution < -0.4 is 0 Å². The first-order valence-corrected chi connectivity index (χ1v) is 6.04. The Kier molecular flexibility index (Phi) is 3.57. The molecule has 0 aromatic heterocycles. The molecule has 18 heavy (non-hydrogen) atoms. The maximum Gasteiger partial charge on any atom is 0.356 e. The van der Waals surface area contributed by atoms with Crippen molar-refractivity contribution in [3.63, 3.8) is 0 Å². The first-order chi connectivity index (χ1) is 8.54. The topological polar surface area (TPSA) is 41.9 Å². The lowest BCUT2D eigenvalue weighted by molar-refractivity contribution is 0.0750. The van der Waals surface area contributed by atoms with Crippen molar-refractivity contribution in [1.82, 2.24) is 5.01 Å². The Balaban J connectivity index is 2.38. The average Bonchev–Trinajstić information content (AvgIpc) is 2.68. The zero-order valence-electron chi connectivity index (χ0n) is 10.6. The maximum atomic E-state index is 11.6. The third-order valence-electron chi connectivity index (χ3n) is 3.29. The summed E-state index contributed by atoms with van der Waals surface area (Å²) in [6.45, 7) is 3.91. The van der Waals surface area contributed by atoms with Crippen LogP contribution in [-0.4, -0.2) is 23.7 Å². The van der Waals surface area contributed by atoms with Crippen LogP contribution in [-0.2, 0) is 4.29 Å². The Morgan fingerprint density at radius 2 is 2.22 bits per heavy atom. The number of nitrogens with zero attached hydrogens (tertiary/aromatic N) is 2. The van der Waals surface area contributed by atoms with Crippen molar-refractivity contribution in [3.05, 3.63) is 34.9 Å². The van der Waals surface area contributed by atoms with Crippen molar-refractivity contribution in [3.8, 4) is 0 Å². The highest BCUT2D eigenvalue weighted by molar-refractivity contribution is 6.16. The van der Waals surface area contributed by atoms with E-state index in [1.165, 1.54) is 0 Å². The number of hydrazone groups is 1. The summed E-state index contributed by atoms with van der Waals surface area (Å²) in [5.74, 6) is -0.519. The number of benzene rings is 1. The maximum absolute atomic E-state index is 11.6. The zero-order valence-corrected chi connectivity index (χ0v) is 11.4. The van der Waals surface area contributed by atoms with Gasteiger partial charge in [0.25, 0.3) is 0 Å². The largest absolute Gasteiger partial charge is 0.356 e. The lowest BCUT2D eigenvalue weighted by Crippen LogP contribution is -2.16. The van der Waals surface area contributed by atoms with E-state index in [0.717, 1.165) is 23.3 Å². The minimum Gasteiger partial charge on any atom is -0.343 e. The molecule has 0 radical (unpaired) electrons. The highest BCUT2D eigenvalue weighted by Gasteiger charge is 2.26. The molecule has 96 valence electrons. The van der Waals surface area contributed by atoms with Crippen LogP contribution in [0.25, 0.3) is 0 Å². The average molecular weight is 267 g/mol. The molecule has 0 aliphatic carbocycles. The second kappa shape index (κ2) is 4.98. The third kappa shape index (κ3) is 2.20. The second-order valence-corrected chi connectivity index (χ2v) is 4.67. The number of hydrogen-bond acceptors (Lipinski definition) is 4. The molecule has 1 atom stereocenters. The predicted octanol–water partition coefficient (Wildman–Crippen LogP) is 3.06. The fourth-order valence-electron chi connectivity index (χ4n) is 2.38. The first-order valence-electron chi connectivity index (χ1n) is 5.74. The minimum absolute atomic E-state index is 0.174. The van der Waals surface area contributed by atoms with Gasteiger partial charge in [0, 0.05) is 19.2 Å². The summed E-state index contributed by atoms with van der Waals surface area (Å²) in [6, 6.07) is 5.74. The Morgan fingerprint density at radius 3 is 2.78 bits per heavy atom. The van der Waals surface area contributed by atoms with Gasteiger partial charge in [-0.1, -0.05) is 12.1 Å². The van der Waals surface area contributed by atoms with E-state index in [0.29, 0.717) is 5.56 Å². The van der Waals surface area contributed by atoms with Crippen molar-refractivity contribution in [1.29, 1.82) is 0 Å². The van der Waals surface area contributed by atoms with Crippen LogP contribution in [0.15, 0.2) is 23.3 Å². The molecule has 5 heteroatoms. The lowest BCUT2D eigenvalue weighted by Gasteiger charge is -2.21. The summed E-state index contributed by atoms with van der Waals surface area (Å²) >= 11 is 5.14. The fraction of sp³-hybridized carbons (Fsp3) is 0.385. The van der Waals surface area contributed by atoms with E-state index in [9.17, 15) is 4.79 Å². The lowest BCUT2D eigenvalue weighted by atomic mass is 9.94. The molecule has 0 saturated heterocycles. The van der Waals surface area contributed by atoms with Crippen LogP contribution in [0.5, 0.6) is 0 Å². The van der Waals surface area contributed by atoms with E-state index in [2.05, 4.69) is 9.39 Å². The summed E-state index contributed by atoms with van der Waals surface area (Å²) in [7, 11) is 1.94.